The van der Waals surface area contributed by atoms with E-state index in [2.05, 4.69) is 25.2 Å². The Hall–Kier alpha value is -2.69. The van der Waals surface area contributed by atoms with Crippen molar-refractivity contribution in [2.45, 2.75) is 45.4 Å². The minimum atomic E-state index is -4.77. The first kappa shape index (κ1) is 20.1. The highest BCUT2D eigenvalue weighted by Gasteiger charge is 2.31. The van der Waals surface area contributed by atoms with E-state index < -0.39 is 6.36 Å². The first-order valence-electron chi connectivity index (χ1n) is 8.29. The van der Waals surface area contributed by atoms with Gasteiger partial charge in [-0.3, -0.25) is 4.79 Å². The van der Waals surface area contributed by atoms with E-state index in [1.54, 1.807) is 0 Å². The minimum Gasteiger partial charge on any atom is -0.406 e. The van der Waals surface area contributed by atoms with Crippen LogP contribution in [0.15, 0.2) is 22.7 Å². The van der Waals surface area contributed by atoms with Crippen molar-refractivity contribution in [3.05, 3.63) is 29.9 Å². The molecule has 3 aromatic rings. The summed E-state index contributed by atoms with van der Waals surface area (Å²) in [6.45, 7) is 5.85. The molecule has 0 saturated heterocycles. The molecule has 0 aliphatic rings. The zero-order valence-corrected chi connectivity index (χ0v) is 16.1. The van der Waals surface area contributed by atoms with Gasteiger partial charge >= 0.3 is 6.36 Å². The van der Waals surface area contributed by atoms with Gasteiger partial charge in [-0.15, -0.1) is 13.2 Å². The Bertz CT molecular complexity index is 992. The van der Waals surface area contributed by atoms with Crippen molar-refractivity contribution in [3.8, 4) is 5.75 Å². The van der Waals surface area contributed by atoms with Gasteiger partial charge in [-0.2, -0.15) is 4.98 Å². The maximum absolute atomic E-state index is 12.3. The highest BCUT2D eigenvalue weighted by atomic mass is 32.1. The van der Waals surface area contributed by atoms with Gasteiger partial charge in [-0.1, -0.05) is 37.3 Å². The molecule has 150 valence electrons. The number of hydrogen-bond acceptors (Lipinski definition) is 7. The number of halogens is 3. The number of aryl methyl sites for hydroxylation is 1. The molecule has 0 saturated carbocycles. The van der Waals surface area contributed by atoms with E-state index in [-0.39, 0.29) is 35.0 Å². The number of hydrogen-bond donors (Lipinski definition) is 1. The summed E-state index contributed by atoms with van der Waals surface area (Å²) in [6, 6.07) is 3.79. The third-order valence-electron chi connectivity index (χ3n) is 3.54. The van der Waals surface area contributed by atoms with Gasteiger partial charge in [0.1, 0.15) is 5.75 Å². The first-order chi connectivity index (χ1) is 13.0. The van der Waals surface area contributed by atoms with Crippen molar-refractivity contribution >= 4 is 32.6 Å². The summed E-state index contributed by atoms with van der Waals surface area (Å²) in [7, 11) is 0. The molecular formula is C17H17F3N4O3S. The van der Waals surface area contributed by atoms with E-state index in [4.69, 9.17) is 4.52 Å². The zero-order chi connectivity index (χ0) is 20.5. The molecule has 0 aliphatic carbocycles. The minimum absolute atomic E-state index is 0.101. The van der Waals surface area contributed by atoms with Crippen molar-refractivity contribution in [1.29, 1.82) is 0 Å². The fourth-order valence-corrected chi connectivity index (χ4v) is 3.13. The SMILES string of the molecule is CC(C)(C)c1noc(CCC(=O)Nc2nc3ccc(OC(F)(F)F)cc3s2)n1. The number of nitrogens with zero attached hydrogens (tertiary/aromatic N) is 3. The van der Waals surface area contributed by atoms with Gasteiger partial charge in [-0.25, -0.2) is 4.98 Å². The number of alkyl halides is 3. The largest absolute Gasteiger partial charge is 0.573 e. The molecule has 0 bridgehead atoms. The maximum Gasteiger partial charge on any atom is 0.573 e. The molecule has 2 aromatic heterocycles. The quantitative estimate of drug-likeness (QED) is 0.664. The summed E-state index contributed by atoms with van der Waals surface area (Å²) in [6.07, 6.45) is -4.40. The summed E-state index contributed by atoms with van der Waals surface area (Å²) < 4.78 is 46.4. The zero-order valence-electron chi connectivity index (χ0n) is 15.3. The molecule has 2 heterocycles. The number of nitrogens with one attached hydrogen (secondary N) is 1. The van der Waals surface area contributed by atoms with E-state index in [1.807, 2.05) is 20.8 Å². The first-order valence-corrected chi connectivity index (χ1v) is 9.10. The van der Waals surface area contributed by atoms with Crippen molar-refractivity contribution in [2.24, 2.45) is 0 Å². The van der Waals surface area contributed by atoms with Crippen LogP contribution in [0.2, 0.25) is 0 Å². The molecule has 3 rings (SSSR count). The molecule has 1 amide bonds. The van der Waals surface area contributed by atoms with Gasteiger partial charge < -0.3 is 14.6 Å². The van der Waals surface area contributed by atoms with E-state index in [0.717, 1.165) is 11.3 Å². The second-order valence-corrected chi connectivity index (χ2v) is 8.04. The van der Waals surface area contributed by atoms with Crippen LogP contribution in [0.3, 0.4) is 0 Å². The third kappa shape index (κ3) is 5.18. The Morgan fingerprint density at radius 2 is 2.00 bits per heavy atom. The lowest BCUT2D eigenvalue weighted by Crippen LogP contribution is -2.16. The van der Waals surface area contributed by atoms with Gasteiger partial charge in [0.25, 0.3) is 0 Å². The standard InChI is InChI=1S/C17H17F3N4O3S/c1-16(2,3)14-23-13(27-24-14)7-6-12(25)22-15-21-10-5-4-9(8-11(10)28-15)26-17(18,19)20/h4-5,8H,6-7H2,1-3H3,(H,21,22,25). The highest BCUT2D eigenvalue weighted by molar-refractivity contribution is 7.22. The molecule has 7 nitrogen and oxygen atoms in total. The number of rotatable bonds is 5. The Balaban J connectivity index is 1.60. The fourth-order valence-electron chi connectivity index (χ4n) is 2.22. The molecule has 1 aromatic carbocycles. The predicted molar refractivity (Wildman–Crippen MR) is 96.3 cm³/mol. The number of amides is 1. The van der Waals surface area contributed by atoms with Crippen LogP contribution in [0.5, 0.6) is 5.75 Å². The van der Waals surface area contributed by atoms with E-state index in [1.165, 1.54) is 18.2 Å². The van der Waals surface area contributed by atoms with Gasteiger partial charge in [0.05, 0.1) is 10.2 Å². The Morgan fingerprint density at radius 3 is 2.64 bits per heavy atom. The predicted octanol–water partition coefficient (Wildman–Crippen LogP) is 4.45. The van der Waals surface area contributed by atoms with Crippen LogP contribution in [0.25, 0.3) is 10.2 Å². The van der Waals surface area contributed by atoms with Crippen molar-refractivity contribution in [2.75, 3.05) is 5.32 Å². The lowest BCUT2D eigenvalue weighted by Gasteiger charge is -2.10. The average Bonchev–Trinajstić information content (AvgIpc) is 3.16. The molecule has 0 aliphatic heterocycles. The topological polar surface area (TPSA) is 90.1 Å². The van der Waals surface area contributed by atoms with Crippen molar-refractivity contribution < 1.29 is 27.2 Å². The highest BCUT2D eigenvalue weighted by Crippen LogP contribution is 2.31. The van der Waals surface area contributed by atoms with E-state index in [9.17, 15) is 18.0 Å². The fraction of sp³-hybridized carbons (Fsp3) is 0.412. The Kier molecular flexibility index (Phi) is 5.28. The van der Waals surface area contributed by atoms with Crippen LogP contribution in [0, 0.1) is 0 Å². The van der Waals surface area contributed by atoms with Crippen LogP contribution in [-0.4, -0.2) is 27.4 Å². The number of fused-ring (bicyclic) bond motifs is 1. The van der Waals surface area contributed by atoms with E-state index >= 15 is 0 Å². The van der Waals surface area contributed by atoms with Crippen LogP contribution in [0.1, 0.15) is 38.9 Å². The lowest BCUT2D eigenvalue weighted by molar-refractivity contribution is -0.274. The third-order valence-corrected chi connectivity index (χ3v) is 4.48. The number of benzene rings is 1. The molecule has 1 N–H and O–H groups in total. The van der Waals surface area contributed by atoms with Crippen LogP contribution >= 0.6 is 11.3 Å². The summed E-state index contributed by atoms with van der Waals surface area (Å²) in [5, 5.41) is 6.80. The number of aromatic nitrogens is 3. The number of ether oxygens (including phenoxy) is 1. The van der Waals surface area contributed by atoms with Gasteiger partial charge in [0.15, 0.2) is 11.0 Å². The van der Waals surface area contributed by atoms with E-state index in [0.29, 0.717) is 21.9 Å². The molecule has 0 radical (unpaired) electrons. The monoisotopic (exact) mass is 414 g/mol. The van der Waals surface area contributed by atoms with Crippen LogP contribution < -0.4 is 10.1 Å². The lowest BCUT2D eigenvalue weighted by atomic mass is 9.96. The summed E-state index contributed by atoms with van der Waals surface area (Å²) in [5.74, 6) is 0.262. The molecule has 0 atom stereocenters. The normalized spacial score (nSPS) is 12.4. The van der Waals surface area contributed by atoms with Gasteiger partial charge in [-0.05, 0) is 12.1 Å². The molecule has 28 heavy (non-hydrogen) atoms. The van der Waals surface area contributed by atoms with Crippen LogP contribution in [-0.2, 0) is 16.6 Å². The second kappa shape index (κ2) is 7.38. The smallest absolute Gasteiger partial charge is 0.406 e. The Labute approximate surface area is 161 Å². The molecule has 0 spiro atoms. The van der Waals surface area contributed by atoms with Crippen LogP contribution in [0.4, 0.5) is 18.3 Å². The maximum atomic E-state index is 12.3. The summed E-state index contributed by atoms with van der Waals surface area (Å²) in [5.41, 5.74) is 0.209. The molecular weight excluding hydrogens is 397 g/mol. The number of carbonyl (C=O) groups excluding carboxylic acids is 1. The van der Waals surface area contributed by atoms with Gasteiger partial charge in [0, 0.05) is 24.3 Å². The van der Waals surface area contributed by atoms with Crippen molar-refractivity contribution in [1.82, 2.24) is 15.1 Å². The number of carbonyl (C=O) groups is 1. The second-order valence-electron chi connectivity index (χ2n) is 7.01. The summed E-state index contributed by atoms with van der Waals surface area (Å²) in [4.78, 5) is 20.6. The number of thiazole rings is 1. The number of anilines is 1. The molecule has 11 heteroatoms. The Morgan fingerprint density at radius 1 is 1.25 bits per heavy atom. The van der Waals surface area contributed by atoms with Crippen molar-refractivity contribution in [3.63, 3.8) is 0 Å². The summed E-state index contributed by atoms with van der Waals surface area (Å²) >= 11 is 1.05. The van der Waals surface area contributed by atoms with Gasteiger partial charge in [0.2, 0.25) is 11.8 Å². The molecule has 0 fully saturated rings. The molecule has 0 unspecified atom stereocenters. The average molecular weight is 414 g/mol.